The number of carbonyl (C=O) groups excluding carboxylic acids is 1. The highest BCUT2D eigenvalue weighted by Crippen LogP contribution is 2.26. The molecule has 1 amide bonds. The summed E-state index contributed by atoms with van der Waals surface area (Å²) in [4.78, 5) is 12.0. The van der Waals surface area contributed by atoms with E-state index in [0.29, 0.717) is 22.7 Å². The van der Waals surface area contributed by atoms with Crippen LogP contribution in [0.3, 0.4) is 0 Å². The summed E-state index contributed by atoms with van der Waals surface area (Å²) in [7, 11) is 0. The van der Waals surface area contributed by atoms with Crippen molar-refractivity contribution in [2.75, 3.05) is 19.6 Å². The molecule has 0 radical (unpaired) electrons. The zero-order chi connectivity index (χ0) is 15.9. The number of carbonyl (C=O) groups is 1. The Hall–Kier alpha value is -0.850. The van der Waals surface area contributed by atoms with Gasteiger partial charge in [-0.25, -0.2) is 4.39 Å². The molecule has 130 valence electrons. The maximum atomic E-state index is 13.0. The number of ether oxygens (including phenoxy) is 1. The van der Waals surface area contributed by atoms with Crippen molar-refractivity contribution in [1.82, 2.24) is 10.6 Å². The number of benzene rings is 1. The van der Waals surface area contributed by atoms with Crippen molar-refractivity contribution >= 4 is 34.2 Å². The zero-order valence-electron chi connectivity index (χ0n) is 13.1. The van der Waals surface area contributed by atoms with Crippen LogP contribution < -0.4 is 15.4 Å². The largest absolute Gasteiger partial charge is 0.480 e. The Balaban J connectivity index is 0.00000264. The fourth-order valence-electron chi connectivity index (χ4n) is 2.53. The van der Waals surface area contributed by atoms with Crippen LogP contribution in [-0.4, -0.2) is 31.6 Å². The molecule has 23 heavy (non-hydrogen) atoms. The summed E-state index contributed by atoms with van der Waals surface area (Å²) in [5.74, 6) is 0.592. The Morgan fingerprint density at radius 2 is 2.35 bits per heavy atom. The van der Waals surface area contributed by atoms with Gasteiger partial charge in [-0.2, -0.15) is 0 Å². The van der Waals surface area contributed by atoms with E-state index in [9.17, 15) is 9.18 Å². The van der Waals surface area contributed by atoms with Gasteiger partial charge in [-0.1, -0.05) is 0 Å². The molecule has 0 aliphatic carbocycles. The summed E-state index contributed by atoms with van der Waals surface area (Å²) in [5, 5.41) is 6.27. The molecule has 1 saturated heterocycles. The van der Waals surface area contributed by atoms with Gasteiger partial charge in [0.15, 0.2) is 6.10 Å². The van der Waals surface area contributed by atoms with Gasteiger partial charge < -0.3 is 15.4 Å². The molecule has 2 unspecified atom stereocenters. The maximum absolute atomic E-state index is 13.0. The topological polar surface area (TPSA) is 50.4 Å². The van der Waals surface area contributed by atoms with E-state index in [-0.39, 0.29) is 24.1 Å². The molecule has 0 bridgehead atoms. The van der Waals surface area contributed by atoms with E-state index in [1.807, 2.05) is 0 Å². The Bertz CT molecular complexity index is 513. The van der Waals surface area contributed by atoms with E-state index in [4.69, 9.17) is 4.74 Å². The first-order valence-electron chi connectivity index (χ1n) is 7.66. The third kappa shape index (κ3) is 6.65. The summed E-state index contributed by atoms with van der Waals surface area (Å²) in [5.41, 5.74) is 0. The second-order valence-electron chi connectivity index (χ2n) is 5.63. The minimum atomic E-state index is -0.619. The Labute approximate surface area is 151 Å². The molecule has 1 heterocycles. The van der Waals surface area contributed by atoms with Crippen LogP contribution in [0.5, 0.6) is 5.75 Å². The summed E-state index contributed by atoms with van der Waals surface area (Å²) in [6.45, 7) is 4.47. The van der Waals surface area contributed by atoms with E-state index in [2.05, 4.69) is 26.6 Å². The van der Waals surface area contributed by atoms with E-state index in [0.717, 1.165) is 19.5 Å². The summed E-state index contributed by atoms with van der Waals surface area (Å²) < 4.78 is 19.1. The fourth-order valence-corrected chi connectivity index (χ4v) is 2.97. The van der Waals surface area contributed by atoms with Crippen molar-refractivity contribution in [2.45, 2.75) is 32.3 Å². The zero-order valence-corrected chi connectivity index (χ0v) is 15.5. The predicted molar refractivity (Wildman–Crippen MR) is 94.7 cm³/mol. The van der Waals surface area contributed by atoms with Gasteiger partial charge in [-0.05, 0) is 79.3 Å². The van der Waals surface area contributed by atoms with E-state index in [1.165, 1.54) is 31.0 Å². The van der Waals surface area contributed by atoms with Gasteiger partial charge in [0.05, 0.1) is 4.47 Å². The molecule has 1 fully saturated rings. The normalized spacial score (nSPS) is 18.7. The number of amides is 1. The van der Waals surface area contributed by atoms with Gasteiger partial charge in [0.1, 0.15) is 11.6 Å². The van der Waals surface area contributed by atoms with Crippen molar-refractivity contribution in [1.29, 1.82) is 0 Å². The van der Waals surface area contributed by atoms with Crippen molar-refractivity contribution in [2.24, 2.45) is 5.92 Å². The number of hydrogen-bond acceptors (Lipinski definition) is 3. The lowest BCUT2D eigenvalue weighted by Gasteiger charge is -2.23. The molecule has 7 heteroatoms. The lowest BCUT2D eigenvalue weighted by Crippen LogP contribution is -2.38. The first kappa shape index (κ1) is 20.2. The number of piperidine rings is 1. The molecule has 4 nitrogen and oxygen atoms in total. The van der Waals surface area contributed by atoms with Gasteiger partial charge in [-0.3, -0.25) is 4.79 Å². The van der Waals surface area contributed by atoms with Crippen LogP contribution in [0.15, 0.2) is 22.7 Å². The number of halogens is 3. The average Bonchev–Trinajstić information content (AvgIpc) is 2.51. The Kier molecular flexibility index (Phi) is 8.87. The van der Waals surface area contributed by atoms with Crippen molar-refractivity contribution in [3.63, 3.8) is 0 Å². The van der Waals surface area contributed by atoms with Gasteiger partial charge in [-0.15, -0.1) is 12.4 Å². The summed E-state index contributed by atoms with van der Waals surface area (Å²) in [6, 6.07) is 4.13. The number of hydrogen-bond donors (Lipinski definition) is 2. The first-order chi connectivity index (χ1) is 10.6. The molecule has 2 N–H and O–H groups in total. The van der Waals surface area contributed by atoms with Gasteiger partial charge in [0.25, 0.3) is 5.91 Å². The summed E-state index contributed by atoms with van der Waals surface area (Å²) in [6.07, 6.45) is 2.78. The SMILES string of the molecule is CC(Oc1ccc(F)cc1Br)C(=O)NCCC1CCCNC1.Cl. The fraction of sp³-hybridized carbons (Fsp3) is 0.562. The van der Waals surface area contributed by atoms with E-state index >= 15 is 0 Å². The molecule has 1 aromatic rings. The minimum Gasteiger partial charge on any atom is -0.480 e. The average molecular weight is 410 g/mol. The molecule has 1 aliphatic heterocycles. The van der Waals surface area contributed by atoms with Crippen LogP contribution in [0.25, 0.3) is 0 Å². The van der Waals surface area contributed by atoms with Gasteiger partial charge in [0, 0.05) is 6.54 Å². The third-order valence-electron chi connectivity index (χ3n) is 3.82. The Morgan fingerprint density at radius 3 is 3.00 bits per heavy atom. The molecule has 0 spiro atoms. The van der Waals surface area contributed by atoms with Crippen LogP contribution in [0.4, 0.5) is 4.39 Å². The Morgan fingerprint density at radius 1 is 1.57 bits per heavy atom. The van der Waals surface area contributed by atoms with E-state index < -0.39 is 6.10 Å². The van der Waals surface area contributed by atoms with Crippen LogP contribution in [-0.2, 0) is 4.79 Å². The maximum Gasteiger partial charge on any atom is 0.260 e. The lowest BCUT2D eigenvalue weighted by molar-refractivity contribution is -0.127. The molecule has 1 aromatic carbocycles. The molecule has 1 aliphatic rings. The standard InChI is InChI=1S/C16H22BrFN2O2.ClH/c1-11(22-15-5-4-13(18)9-14(15)17)16(21)20-8-6-12-3-2-7-19-10-12;/h4-5,9,11-12,19H,2-3,6-8,10H2,1H3,(H,20,21);1H. The number of rotatable bonds is 6. The highest BCUT2D eigenvalue weighted by atomic mass is 79.9. The van der Waals surface area contributed by atoms with Gasteiger partial charge in [0.2, 0.25) is 0 Å². The molecular weight excluding hydrogens is 387 g/mol. The highest BCUT2D eigenvalue weighted by molar-refractivity contribution is 9.10. The monoisotopic (exact) mass is 408 g/mol. The van der Waals surface area contributed by atoms with Gasteiger partial charge >= 0.3 is 0 Å². The third-order valence-corrected chi connectivity index (χ3v) is 4.44. The predicted octanol–water partition coefficient (Wildman–Crippen LogP) is 3.28. The quantitative estimate of drug-likeness (QED) is 0.758. The number of nitrogens with one attached hydrogen (secondary N) is 2. The molecular formula is C16H23BrClFN2O2. The summed E-state index contributed by atoms with van der Waals surface area (Å²) >= 11 is 3.23. The molecule has 0 aromatic heterocycles. The highest BCUT2D eigenvalue weighted by Gasteiger charge is 2.17. The van der Waals surface area contributed by atoms with Crippen molar-refractivity contribution in [3.8, 4) is 5.75 Å². The van der Waals surface area contributed by atoms with Crippen molar-refractivity contribution in [3.05, 3.63) is 28.5 Å². The second-order valence-corrected chi connectivity index (χ2v) is 6.48. The lowest BCUT2D eigenvalue weighted by atomic mass is 9.96. The second kappa shape index (κ2) is 10.1. The first-order valence-corrected chi connectivity index (χ1v) is 8.45. The molecule has 0 saturated carbocycles. The van der Waals surface area contributed by atoms with Crippen molar-refractivity contribution < 1.29 is 13.9 Å². The van der Waals surface area contributed by atoms with Crippen LogP contribution in [0, 0.1) is 11.7 Å². The molecule has 2 rings (SSSR count). The van der Waals surface area contributed by atoms with E-state index in [1.54, 1.807) is 6.92 Å². The minimum absolute atomic E-state index is 0. The molecule has 2 atom stereocenters. The van der Waals surface area contributed by atoms with Crippen LogP contribution in [0.1, 0.15) is 26.2 Å². The van der Waals surface area contributed by atoms with Crippen LogP contribution in [0.2, 0.25) is 0 Å². The van der Waals surface area contributed by atoms with Crippen LogP contribution >= 0.6 is 28.3 Å². The smallest absolute Gasteiger partial charge is 0.260 e.